The molecule has 0 fully saturated rings. The Kier molecular flexibility index (Phi) is 9.60. The van der Waals surface area contributed by atoms with Crippen molar-refractivity contribution in [2.24, 2.45) is 5.73 Å². The first-order valence-electron chi connectivity index (χ1n) is 4.84. The summed E-state index contributed by atoms with van der Waals surface area (Å²) < 4.78 is 21.4. The molecule has 0 heterocycles. The SMILES string of the molecule is COCCCOCCS(=O)CC(C)N. The molecule has 0 spiro atoms. The Morgan fingerprint density at radius 1 is 1.36 bits per heavy atom. The fourth-order valence-electron chi connectivity index (χ4n) is 0.936. The van der Waals surface area contributed by atoms with Crippen LogP contribution in [0.3, 0.4) is 0 Å². The van der Waals surface area contributed by atoms with Crippen molar-refractivity contribution in [2.45, 2.75) is 19.4 Å². The Labute approximate surface area is 88.6 Å². The molecule has 0 aliphatic carbocycles. The van der Waals surface area contributed by atoms with Crippen LogP contribution in [-0.2, 0) is 20.3 Å². The predicted molar refractivity (Wildman–Crippen MR) is 58.8 cm³/mol. The highest BCUT2D eigenvalue weighted by Gasteiger charge is 2.02. The Balaban J connectivity index is 3.15. The third-order valence-electron chi connectivity index (χ3n) is 1.54. The lowest BCUT2D eigenvalue weighted by Gasteiger charge is -2.06. The lowest BCUT2D eigenvalue weighted by Crippen LogP contribution is -2.25. The standard InChI is InChI=1S/C9H21NO3S/c1-9(10)8-14(11)7-6-13-5-3-4-12-2/h9H,3-8,10H2,1-2H3. The fraction of sp³-hybridized carbons (Fsp3) is 1.00. The number of hydrogen-bond donors (Lipinski definition) is 1. The largest absolute Gasteiger partial charge is 0.385 e. The molecule has 2 unspecified atom stereocenters. The Hall–Kier alpha value is 0.0300. The zero-order valence-corrected chi connectivity index (χ0v) is 9.85. The summed E-state index contributed by atoms with van der Waals surface area (Å²) in [5, 5.41) is 0. The normalized spacial score (nSPS) is 15.4. The molecular weight excluding hydrogens is 202 g/mol. The van der Waals surface area contributed by atoms with Gasteiger partial charge in [-0.15, -0.1) is 0 Å². The van der Waals surface area contributed by atoms with E-state index in [9.17, 15) is 4.21 Å². The van der Waals surface area contributed by atoms with Crippen molar-refractivity contribution in [3.05, 3.63) is 0 Å². The van der Waals surface area contributed by atoms with E-state index in [-0.39, 0.29) is 6.04 Å². The van der Waals surface area contributed by atoms with Crippen molar-refractivity contribution in [2.75, 3.05) is 38.4 Å². The first kappa shape index (κ1) is 14.0. The van der Waals surface area contributed by atoms with Gasteiger partial charge in [-0.1, -0.05) is 0 Å². The summed E-state index contributed by atoms with van der Waals surface area (Å²) in [7, 11) is 0.826. The van der Waals surface area contributed by atoms with Crippen molar-refractivity contribution in [1.29, 1.82) is 0 Å². The van der Waals surface area contributed by atoms with E-state index in [1.165, 1.54) is 0 Å². The van der Waals surface area contributed by atoms with Gasteiger partial charge in [0, 0.05) is 48.7 Å². The van der Waals surface area contributed by atoms with Crippen molar-refractivity contribution in [1.82, 2.24) is 0 Å². The van der Waals surface area contributed by atoms with Crippen LogP contribution in [0.25, 0.3) is 0 Å². The summed E-state index contributed by atoms with van der Waals surface area (Å²) in [6.45, 7) is 3.78. The van der Waals surface area contributed by atoms with Gasteiger partial charge >= 0.3 is 0 Å². The van der Waals surface area contributed by atoms with Crippen LogP contribution in [0.5, 0.6) is 0 Å². The van der Waals surface area contributed by atoms with Crippen LogP contribution in [0, 0.1) is 0 Å². The average molecular weight is 223 g/mol. The highest BCUT2D eigenvalue weighted by molar-refractivity contribution is 7.85. The Bertz CT molecular complexity index is 153. The van der Waals surface area contributed by atoms with Gasteiger partial charge in [-0.3, -0.25) is 4.21 Å². The molecule has 0 radical (unpaired) electrons. The van der Waals surface area contributed by atoms with Crippen LogP contribution in [0.4, 0.5) is 0 Å². The second-order valence-electron chi connectivity index (χ2n) is 3.25. The van der Waals surface area contributed by atoms with Gasteiger partial charge in [0.05, 0.1) is 6.61 Å². The molecule has 0 saturated carbocycles. The molecule has 4 nitrogen and oxygen atoms in total. The third-order valence-corrected chi connectivity index (χ3v) is 3.06. The minimum absolute atomic E-state index is 0.00400. The maximum absolute atomic E-state index is 11.3. The predicted octanol–water partition coefficient (Wildman–Crippen LogP) is 0.135. The topological polar surface area (TPSA) is 61.5 Å². The Morgan fingerprint density at radius 2 is 2.07 bits per heavy atom. The van der Waals surface area contributed by atoms with E-state index in [1.54, 1.807) is 7.11 Å². The van der Waals surface area contributed by atoms with E-state index in [4.69, 9.17) is 15.2 Å². The molecular formula is C9H21NO3S. The smallest absolute Gasteiger partial charge is 0.0581 e. The van der Waals surface area contributed by atoms with Gasteiger partial charge in [0.2, 0.25) is 0 Å². The molecule has 2 atom stereocenters. The molecule has 0 rings (SSSR count). The van der Waals surface area contributed by atoms with E-state index >= 15 is 0 Å². The summed E-state index contributed by atoms with van der Waals surface area (Å²) in [6, 6.07) is 0.00400. The van der Waals surface area contributed by atoms with Crippen molar-refractivity contribution < 1.29 is 13.7 Å². The van der Waals surface area contributed by atoms with Crippen LogP contribution in [-0.4, -0.2) is 48.7 Å². The second kappa shape index (κ2) is 9.58. The number of methoxy groups -OCH3 is 1. The van der Waals surface area contributed by atoms with Crippen LogP contribution in [0.1, 0.15) is 13.3 Å². The van der Waals surface area contributed by atoms with E-state index < -0.39 is 10.8 Å². The molecule has 0 aromatic rings. The van der Waals surface area contributed by atoms with Gasteiger partial charge in [0.1, 0.15) is 0 Å². The molecule has 0 aromatic heterocycles. The molecule has 2 N–H and O–H groups in total. The van der Waals surface area contributed by atoms with Crippen LogP contribution >= 0.6 is 0 Å². The lowest BCUT2D eigenvalue weighted by atomic mass is 10.4. The fourth-order valence-corrected chi connectivity index (χ4v) is 1.99. The quantitative estimate of drug-likeness (QED) is 0.565. The first-order valence-corrected chi connectivity index (χ1v) is 6.33. The highest BCUT2D eigenvalue weighted by Crippen LogP contribution is 1.89. The van der Waals surface area contributed by atoms with Gasteiger partial charge < -0.3 is 15.2 Å². The minimum Gasteiger partial charge on any atom is -0.385 e. The van der Waals surface area contributed by atoms with Crippen LogP contribution in [0.2, 0.25) is 0 Å². The molecule has 14 heavy (non-hydrogen) atoms. The number of nitrogens with two attached hydrogens (primary N) is 1. The molecule has 0 aliphatic heterocycles. The van der Waals surface area contributed by atoms with Crippen LogP contribution < -0.4 is 5.73 Å². The Morgan fingerprint density at radius 3 is 2.64 bits per heavy atom. The van der Waals surface area contributed by atoms with Gasteiger partial charge in [0.15, 0.2) is 0 Å². The zero-order valence-electron chi connectivity index (χ0n) is 9.03. The number of hydrogen-bond acceptors (Lipinski definition) is 4. The highest BCUT2D eigenvalue weighted by atomic mass is 32.2. The van der Waals surface area contributed by atoms with Gasteiger partial charge in [-0.05, 0) is 13.3 Å². The molecule has 0 saturated heterocycles. The number of rotatable bonds is 9. The summed E-state index contributed by atoms with van der Waals surface area (Å²) >= 11 is 0. The molecule has 0 aliphatic rings. The second-order valence-corrected chi connectivity index (χ2v) is 4.87. The zero-order chi connectivity index (χ0) is 10.8. The van der Waals surface area contributed by atoms with Crippen molar-refractivity contribution >= 4 is 10.8 Å². The average Bonchev–Trinajstić information content (AvgIpc) is 2.10. The summed E-state index contributed by atoms with van der Waals surface area (Å²) in [5.74, 6) is 1.13. The molecule has 0 aromatic carbocycles. The molecule has 5 heteroatoms. The van der Waals surface area contributed by atoms with Gasteiger partial charge in [0.25, 0.3) is 0 Å². The summed E-state index contributed by atoms with van der Waals surface area (Å²) in [4.78, 5) is 0. The van der Waals surface area contributed by atoms with E-state index in [0.29, 0.717) is 31.3 Å². The molecule has 0 bridgehead atoms. The van der Waals surface area contributed by atoms with Crippen molar-refractivity contribution in [3.63, 3.8) is 0 Å². The maximum Gasteiger partial charge on any atom is 0.0581 e. The monoisotopic (exact) mass is 223 g/mol. The third kappa shape index (κ3) is 10.1. The summed E-state index contributed by atoms with van der Waals surface area (Å²) in [5.41, 5.74) is 5.51. The maximum atomic E-state index is 11.3. The number of ether oxygens (including phenoxy) is 2. The van der Waals surface area contributed by atoms with E-state index in [2.05, 4.69) is 0 Å². The minimum atomic E-state index is -0.839. The lowest BCUT2D eigenvalue weighted by molar-refractivity contribution is 0.112. The van der Waals surface area contributed by atoms with Gasteiger partial charge in [-0.25, -0.2) is 0 Å². The first-order chi connectivity index (χ1) is 6.66. The molecule has 0 amide bonds. The van der Waals surface area contributed by atoms with E-state index in [1.807, 2.05) is 6.92 Å². The molecule has 86 valence electrons. The van der Waals surface area contributed by atoms with Gasteiger partial charge in [-0.2, -0.15) is 0 Å². The summed E-state index contributed by atoms with van der Waals surface area (Å²) in [6.07, 6.45) is 0.885. The van der Waals surface area contributed by atoms with E-state index in [0.717, 1.165) is 6.42 Å². The van der Waals surface area contributed by atoms with Crippen molar-refractivity contribution in [3.8, 4) is 0 Å². The van der Waals surface area contributed by atoms with Crippen LogP contribution in [0.15, 0.2) is 0 Å².